The molecule has 2 aliphatic carbocycles. The maximum absolute atomic E-state index is 2.37. The first kappa shape index (κ1) is 7.64. The molecule has 3 atom stereocenters. The second kappa shape index (κ2) is 2.50. The molecule has 0 radical (unpaired) electrons. The molecule has 0 aromatic heterocycles. The largest absolute Gasteiger partial charge is 0.0654 e. The van der Waals surface area contributed by atoms with Crippen LogP contribution in [0.1, 0.15) is 52.4 Å². The van der Waals surface area contributed by atoms with Gasteiger partial charge < -0.3 is 0 Å². The van der Waals surface area contributed by atoms with Crippen LogP contribution >= 0.6 is 0 Å². The molecular weight excluding hydrogens is 132 g/mol. The summed E-state index contributed by atoms with van der Waals surface area (Å²) in [7, 11) is 0. The van der Waals surface area contributed by atoms with E-state index >= 15 is 0 Å². The van der Waals surface area contributed by atoms with E-state index in [4.69, 9.17) is 0 Å². The molecule has 0 amide bonds. The maximum atomic E-state index is 2.37. The van der Waals surface area contributed by atoms with E-state index in [0.717, 1.165) is 17.3 Å². The quantitative estimate of drug-likeness (QED) is 0.579. The Balaban J connectivity index is 1.86. The van der Waals surface area contributed by atoms with Gasteiger partial charge in [0, 0.05) is 0 Å². The van der Waals surface area contributed by atoms with Gasteiger partial charge in [-0.1, -0.05) is 33.1 Å². The van der Waals surface area contributed by atoms with Gasteiger partial charge in [0.2, 0.25) is 0 Å². The summed E-state index contributed by atoms with van der Waals surface area (Å²) in [6, 6.07) is 0. The zero-order valence-electron chi connectivity index (χ0n) is 7.90. The van der Waals surface area contributed by atoms with Gasteiger partial charge in [-0.25, -0.2) is 0 Å². The Kier molecular flexibility index (Phi) is 1.74. The van der Waals surface area contributed by atoms with E-state index in [1.54, 1.807) is 12.8 Å². The van der Waals surface area contributed by atoms with Crippen LogP contribution in [0.2, 0.25) is 0 Å². The minimum Gasteiger partial charge on any atom is -0.0654 e. The highest BCUT2D eigenvalue weighted by Gasteiger charge is 2.61. The molecule has 2 aliphatic rings. The van der Waals surface area contributed by atoms with Crippen LogP contribution in [-0.4, -0.2) is 0 Å². The van der Waals surface area contributed by atoms with Gasteiger partial charge in [0.05, 0.1) is 0 Å². The molecule has 11 heavy (non-hydrogen) atoms. The molecule has 3 unspecified atom stereocenters. The molecule has 0 aliphatic heterocycles. The second-order valence-corrected chi connectivity index (χ2v) is 4.57. The maximum Gasteiger partial charge on any atom is -0.0238 e. The summed E-state index contributed by atoms with van der Waals surface area (Å²) in [4.78, 5) is 0. The molecule has 64 valence electrons. The normalized spacial score (nSPS) is 47.5. The first-order valence-electron chi connectivity index (χ1n) is 5.33. The zero-order valence-corrected chi connectivity index (χ0v) is 7.90. The molecule has 0 saturated heterocycles. The monoisotopic (exact) mass is 152 g/mol. The van der Waals surface area contributed by atoms with Crippen molar-refractivity contribution in [3.05, 3.63) is 0 Å². The van der Waals surface area contributed by atoms with Crippen LogP contribution in [0.3, 0.4) is 0 Å². The predicted octanol–water partition coefficient (Wildman–Crippen LogP) is 3.61. The molecule has 1 spiro atoms. The molecule has 2 saturated carbocycles. The summed E-state index contributed by atoms with van der Waals surface area (Å²) < 4.78 is 0. The summed E-state index contributed by atoms with van der Waals surface area (Å²) in [5, 5.41) is 0. The topological polar surface area (TPSA) is 0 Å². The third kappa shape index (κ3) is 0.947. The number of hydrogen-bond donors (Lipinski definition) is 0. The second-order valence-electron chi connectivity index (χ2n) is 4.57. The van der Waals surface area contributed by atoms with E-state index in [2.05, 4.69) is 13.8 Å². The zero-order chi connectivity index (χ0) is 7.90. The summed E-state index contributed by atoms with van der Waals surface area (Å²) in [5.41, 5.74) is 0.908. The fourth-order valence-corrected chi connectivity index (χ4v) is 3.27. The van der Waals surface area contributed by atoms with E-state index in [9.17, 15) is 0 Å². The van der Waals surface area contributed by atoms with Crippen molar-refractivity contribution in [3.8, 4) is 0 Å². The first-order valence-corrected chi connectivity index (χ1v) is 5.33. The molecule has 0 heteroatoms. The molecule has 0 heterocycles. The van der Waals surface area contributed by atoms with E-state index in [1.807, 2.05) is 0 Å². The van der Waals surface area contributed by atoms with Gasteiger partial charge in [-0.15, -0.1) is 0 Å². The van der Waals surface area contributed by atoms with Crippen LogP contribution in [0, 0.1) is 17.3 Å². The van der Waals surface area contributed by atoms with Crippen LogP contribution < -0.4 is 0 Å². The Labute approximate surface area is 70.4 Å². The van der Waals surface area contributed by atoms with E-state index in [-0.39, 0.29) is 0 Å². The standard InChI is InChI=1S/C11H20/c1-3-5-10-8-11(10)7-6-9(11)4-2/h9-10H,3-8H2,1-2H3. The molecule has 0 nitrogen and oxygen atoms in total. The lowest BCUT2D eigenvalue weighted by atomic mass is 9.67. The number of rotatable bonds is 3. The van der Waals surface area contributed by atoms with Gasteiger partial charge in [-0.2, -0.15) is 0 Å². The van der Waals surface area contributed by atoms with Crippen molar-refractivity contribution in [2.45, 2.75) is 52.4 Å². The predicted molar refractivity (Wildman–Crippen MR) is 48.5 cm³/mol. The SMILES string of the molecule is CCCC1CC12CCC2CC. The molecule has 0 bridgehead atoms. The third-order valence-corrected chi connectivity index (χ3v) is 4.18. The van der Waals surface area contributed by atoms with Gasteiger partial charge in [-0.05, 0) is 36.5 Å². The van der Waals surface area contributed by atoms with Crippen LogP contribution in [-0.2, 0) is 0 Å². The average molecular weight is 152 g/mol. The van der Waals surface area contributed by atoms with Crippen LogP contribution in [0.15, 0.2) is 0 Å². The summed E-state index contributed by atoms with van der Waals surface area (Å²) in [6.45, 7) is 4.69. The Hall–Kier alpha value is 0. The Morgan fingerprint density at radius 3 is 2.55 bits per heavy atom. The van der Waals surface area contributed by atoms with Gasteiger partial charge in [-0.3, -0.25) is 0 Å². The smallest absolute Gasteiger partial charge is 0.0238 e. The fraction of sp³-hybridized carbons (Fsp3) is 1.00. The van der Waals surface area contributed by atoms with Gasteiger partial charge in [0.15, 0.2) is 0 Å². The lowest BCUT2D eigenvalue weighted by Gasteiger charge is -2.38. The highest BCUT2D eigenvalue weighted by atomic mass is 14.7. The minimum atomic E-state index is 0.908. The number of hydrogen-bond acceptors (Lipinski definition) is 0. The minimum absolute atomic E-state index is 0.908. The van der Waals surface area contributed by atoms with E-state index in [0.29, 0.717) is 0 Å². The molecule has 0 N–H and O–H groups in total. The van der Waals surface area contributed by atoms with Crippen LogP contribution in [0.25, 0.3) is 0 Å². The summed E-state index contributed by atoms with van der Waals surface area (Å²) in [6.07, 6.45) is 9.05. The van der Waals surface area contributed by atoms with Crippen molar-refractivity contribution in [2.24, 2.45) is 17.3 Å². The summed E-state index contributed by atoms with van der Waals surface area (Å²) >= 11 is 0. The highest BCUT2D eigenvalue weighted by molar-refractivity contribution is 5.11. The summed E-state index contributed by atoms with van der Waals surface area (Å²) in [5.74, 6) is 2.27. The molecule has 0 aromatic rings. The highest BCUT2D eigenvalue weighted by Crippen LogP contribution is 2.70. The lowest BCUT2D eigenvalue weighted by Crippen LogP contribution is -2.28. The van der Waals surface area contributed by atoms with Crippen LogP contribution in [0.5, 0.6) is 0 Å². The van der Waals surface area contributed by atoms with Crippen molar-refractivity contribution in [1.82, 2.24) is 0 Å². The Morgan fingerprint density at radius 1 is 1.27 bits per heavy atom. The van der Waals surface area contributed by atoms with E-state index in [1.165, 1.54) is 25.7 Å². The fourth-order valence-electron chi connectivity index (χ4n) is 3.27. The van der Waals surface area contributed by atoms with Crippen molar-refractivity contribution in [2.75, 3.05) is 0 Å². The lowest BCUT2D eigenvalue weighted by molar-refractivity contribution is 0.121. The van der Waals surface area contributed by atoms with Crippen LogP contribution in [0.4, 0.5) is 0 Å². The Bertz CT molecular complexity index is 148. The molecule has 0 aromatic carbocycles. The average Bonchev–Trinajstić information content (AvgIpc) is 2.65. The third-order valence-electron chi connectivity index (χ3n) is 4.18. The Morgan fingerprint density at radius 2 is 2.09 bits per heavy atom. The molecular formula is C11H20. The van der Waals surface area contributed by atoms with Gasteiger partial charge >= 0.3 is 0 Å². The van der Waals surface area contributed by atoms with Gasteiger partial charge in [0.25, 0.3) is 0 Å². The van der Waals surface area contributed by atoms with Crippen molar-refractivity contribution < 1.29 is 0 Å². The van der Waals surface area contributed by atoms with Gasteiger partial charge in [0.1, 0.15) is 0 Å². The van der Waals surface area contributed by atoms with Crippen molar-refractivity contribution in [1.29, 1.82) is 0 Å². The molecule has 2 rings (SSSR count). The first-order chi connectivity index (χ1) is 5.33. The van der Waals surface area contributed by atoms with Crippen molar-refractivity contribution >= 4 is 0 Å². The molecule has 2 fully saturated rings. The van der Waals surface area contributed by atoms with Crippen molar-refractivity contribution in [3.63, 3.8) is 0 Å². The van der Waals surface area contributed by atoms with E-state index < -0.39 is 0 Å².